The number of unbranched alkanes of at least 4 members (excludes halogenated alkanes) is 5. The van der Waals surface area contributed by atoms with Gasteiger partial charge >= 0.3 is 0 Å². The molecule has 4 nitrogen and oxygen atoms in total. The van der Waals surface area contributed by atoms with Gasteiger partial charge in [0.25, 0.3) is 0 Å². The van der Waals surface area contributed by atoms with Crippen LogP contribution >= 0.6 is 0 Å². The van der Waals surface area contributed by atoms with Crippen LogP contribution in [0.3, 0.4) is 0 Å². The summed E-state index contributed by atoms with van der Waals surface area (Å²) in [7, 11) is 0. The maximum atomic E-state index is 11.7. The van der Waals surface area contributed by atoms with Gasteiger partial charge in [-0.3, -0.25) is 4.79 Å². The SMILES string of the molecule is CCCCCCCCC(=O)NN=C(C)c1ccc(N)cc1. The molecule has 1 rings (SSSR count). The lowest BCUT2D eigenvalue weighted by molar-refractivity contribution is -0.121. The summed E-state index contributed by atoms with van der Waals surface area (Å²) in [6.45, 7) is 4.07. The maximum absolute atomic E-state index is 11.7. The molecule has 1 aromatic carbocycles. The lowest BCUT2D eigenvalue weighted by atomic mass is 10.1. The van der Waals surface area contributed by atoms with Gasteiger partial charge in [-0.1, -0.05) is 51.2 Å². The highest BCUT2D eigenvalue weighted by atomic mass is 16.2. The first-order valence-corrected chi connectivity index (χ1v) is 7.82. The van der Waals surface area contributed by atoms with Crippen LogP contribution in [0.25, 0.3) is 0 Å². The molecule has 3 N–H and O–H groups in total. The van der Waals surface area contributed by atoms with Crippen LogP contribution in [0.1, 0.15) is 64.4 Å². The Balaban J connectivity index is 2.25. The van der Waals surface area contributed by atoms with E-state index in [1.54, 1.807) is 0 Å². The smallest absolute Gasteiger partial charge is 0.240 e. The average molecular weight is 289 g/mol. The van der Waals surface area contributed by atoms with Crippen molar-refractivity contribution in [2.24, 2.45) is 5.10 Å². The monoisotopic (exact) mass is 289 g/mol. The van der Waals surface area contributed by atoms with Crippen molar-refractivity contribution in [3.63, 3.8) is 0 Å². The largest absolute Gasteiger partial charge is 0.399 e. The number of rotatable bonds is 9. The summed E-state index contributed by atoms with van der Waals surface area (Å²) in [5, 5.41) is 4.13. The number of anilines is 1. The molecule has 0 unspecified atom stereocenters. The Morgan fingerprint density at radius 1 is 1.10 bits per heavy atom. The molecule has 1 aromatic rings. The maximum Gasteiger partial charge on any atom is 0.240 e. The van der Waals surface area contributed by atoms with Gasteiger partial charge < -0.3 is 5.73 Å². The second-order valence-corrected chi connectivity index (χ2v) is 5.37. The van der Waals surface area contributed by atoms with Gasteiger partial charge in [0.05, 0.1) is 5.71 Å². The van der Waals surface area contributed by atoms with E-state index < -0.39 is 0 Å². The zero-order valence-corrected chi connectivity index (χ0v) is 13.2. The third kappa shape index (κ3) is 7.49. The van der Waals surface area contributed by atoms with Gasteiger partial charge in [-0.25, -0.2) is 5.43 Å². The van der Waals surface area contributed by atoms with E-state index >= 15 is 0 Å². The normalized spacial score (nSPS) is 11.4. The summed E-state index contributed by atoms with van der Waals surface area (Å²) in [6.07, 6.45) is 7.63. The van der Waals surface area contributed by atoms with Crippen LogP contribution in [0.4, 0.5) is 5.69 Å². The summed E-state index contributed by atoms with van der Waals surface area (Å²) >= 11 is 0. The Bertz CT molecular complexity index is 452. The molecule has 0 aliphatic carbocycles. The molecule has 0 saturated heterocycles. The summed E-state index contributed by atoms with van der Waals surface area (Å²) in [5.74, 6) is -0.0136. The Morgan fingerprint density at radius 2 is 1.71 bits per heavy atom. The number of hydrogen-bond acceptors (Lipinski definition) is 3. The first kappa shape index (κ1) is 17.2. The number of nitrogens with zero attached hydrogens (tertiary/aromatic N) is 1. The first-order chi connectivity index (χ1) is 10.1. The fourth-order valence-electron chi connectivity index (χ4n) is 2.06. The van der Waals surface area contributed by atoms with Crippen LogP contribution in [0.15, 0.2) is 29.4 Å². The van der Waals surface area contributed by atoms with Gasteiger partial charge in [0, 0.05) is 12.1 Å². The molecular formula is C17H27N3O. The molecular weight excluding hydrogens is 262 g/mol. The Hall–Kier alpha value is -1.84. The van der Waals surface area contributed by atoms with Crippen molar-refractivity contribution in [1.29, 1.82) is 0 Å². The number of carbonyl (C=O) groups is 1. The van der Waals surface area contributed by atoms with Crippen molar-refractivity contribution < 1.29 is 4.79 Å². The molecule has 0 aliphatic rings. The first-order valence-electron chi connectivity index (χ1n) is 7.82. The number of nitrogen functional groups attached to an aromatic ring is 1. The van der Waals surface area contributed by atoms with Crippen molar-refractivity contribution in [2.75, 3.05) is 5.73 Å². The number of hydrazone groups is 1. The molecule has 0 aliphatic heterocycles. The number of nitrogens with one attached hydrogen (secondary N) is 1. The minimum absolute atomic E-state index is 0.0136. The zero-order chi connectivity index (χ0) is 15.5. The Morgan fingerprint density at radius 3 is 2.38 bits per heavy atom. The van der Waals surface area contributed by atoms with Crippen molar-refractivity contribution in [2.45, 2.75) is 58.8 Å². The molecule has 0 heterocycles. The molecule has 1 amide bonds. The van der Waals surface area contributed by atoms with E-state index in [0.29, 0.717) is 6.42 Å². The molecule has 0 fully saturated rings. The molecule has 0 aromatic heterocycles. The Kier molecular flexibility index (Phi) is 8.17. The van der Waals surface area contributed by atoms with Crippen molar-refractivity contribution in [1.82, 2.24) is 5.43 Å². The second kappa shape index (κ2) is 9.97. The predicted octanol–water partition coefficient (Wildman–Crippen LogP) is 3.86. The standard InChI is InChI=1S/C17H27N3O/c1-3-4-5-6-7-8-9-17(21)20-19-14(2)15-10-12-16(18)13-11-15/h10-13H,3-9,18H2,1-2H3,(H,20,21). The minimum Gasteiger partial charge on any atom is -0.399 e. The van der Waals surface area contributed by atoms with E-state index in [1.807, 2.05) is 31.2 Å². The van der Waals surface area contributed by atoms with E-state index in [9.17, 15) is 4.79 Å². The van der Waals surface area contributed by atoms with Gasteiger partial charge in [-0.15, -0.1) is 0 Å². The van der Waals surface area contributed by atoms with Gasteiger partial charge in [-0.05, 0) is 31.0 Å². The molecule has 0 spiro atoms. The molecule has 0 saturated carbocycles. The van der Waals surface area contributed by atoms with Crippen LogP contribution in [0.2, 0.25) is 0 Å². The van der Waals surface area contributed by atoms with Crippen LogP contribution < -0.4 is 11.2 Å². The fraction of sp³-hybridized carbons (Fsp3) is 0.529. The number of carbonyl (C=O) groups excluding carboxylic acids is 1. The number of amides is 1. The van der Waals surface area contributed by atoms with E-state index in [1.165, 1.54) is 25.7 Å². The molecule has 4 heteroatoms. The summed E-state index contributed by atoms with van der Waals surface area (Å²) in [5.41, 5.74) is 10.7. The van der Waals surface area contributed by atoms with E-state index in [2.05, 4.69) is 17.5 Å². The lowest BCUT2D eigenvalue weighted by Gasteiger charge is -2.04. The third-order valence-electron chi connectivity index (χ3n) is 3.43. The van der Waals surface area contributed by atoms with Gasteiger partial charge in [0.2, 0.25) is 5.91 Å². The van der Waals surface area contributed by atoms with Crippen LogP contribution in [0, 0.1) is 0 Å². The number of benzene rings is 1. The molecule has 0 radical (unpaired) electrons. The average Bonchev–Trinajstić information content (AvgIpc) is 2.49. The summed E-state index contributed by atoms with van der Waals surface area (Å²) < 4.78 is 0. The van der Waals surface area contributed by atoms with Gasteiger partial charge in [-0.2, -0.15) is 5.10 Å². The van der Waals surface area contributed by atoms with Crippen molar-refractivity contribution in [3.8, 4) is 0 Å². The van der Waals surface area contributed by atoms with E-state index in [0.717, 1.165) is 29.8 Å². The summed E-state index contributed by atoms with van der Waals surface area (Å²) in [6, 6.07) is 7.45. The van der Waals surface area contributed by atoms with Crippen molar-refractivity contribution >= 4 is 17.3 Å². The minimum atomic E-state index is -0.0136. The van der Waals surface area contributed by atoms with Crippen LogP contribution in [0.5, 0.6) is 0 Å². The highest BCUT2D eigenvalue weighted by Crippen LogP contribution is 2.08. The number of nitrogens with two attached hydrogens (primary N) is 1. The van der Waals surface area contributed by atoms with Crippen LogP contribution in [-0.4, -0.2) is 11.6 Å². The molecule has 0 bridgehead atoms. The summed E-state index contributed by atoms with van der Waals surface area (Å²) in [4.78, 5) is 11.7. The predicted molar refractivity (Wildman–Crippen MR) is 89.2 cm³/mol. The quantitative estimate of drug-likeness (QED) is 0.314. The van der Waals surface area contributed by atoms with Gasteiger partial charge in [0.15, 0.2) is 0 Å². The second-order valence-electron chi connectivity index (χ2n) is 5.37. The third-order valence-corrected chi connectivity index (χ3v) is 3.43. The number of hydrogen-bond donors (Lipinski definition) is 2. The van der Waals surface area contributed by atoms with Gasteiger partial charge in [0.1, 0.15) is 0 Å². The highest BCUT2D eigenvalue weighted by Gasteiger charge is 2.01. The fourth-order valence-corrected chi connectivity index (χ4v) is 2.06. The topological polar surface area (TPSA) is 67.5 Å². The van der Waals surface area contributed by atoms with E-state index in [4.69, 9.17) is 5.73 Å². The van der Waals surface area contributed by atoms with Crippen molar-refractivity contribution in [3.05, 3.63) is 29.8 Å². The Labute approximate surface area is 127 Å². The lowest BCUT2D eigenvalue weighted by Crippen LogP contribution is -2.18. The highest BCUT2D eigenvalue weighted by molar-refractivity contribution is 5.99. The van der Waals surface area contributed by atoms with E-state index in [-0.39, 0.29) is 5.91 Å². The molecule has 21 heavy (non-hydrogen) atoms. The molecule has 116 valence electrons. The zero-order valence-electron chi connectivity index (χ0n) is 13.2. The van der Waals surface area contributed by atoms with Crippen LogP contribution in [-0.2, 0) is 4.79 Å². The molecule has 0 atom stereocenters.